The number of rotatable bonds is 4. The molecule has 0 saturated heterocycles. The van der Waals surface area contributed by atoms with Crippen molar-refractivity contribution in [2.24, 2.45) is 0 Å². The maximum atomic E-state index is 13.5. The molecule has 0 bridgehead atoms. The Morgan fingerprint density at radius 1 is 0.844 bits per heavy atom. The number of aromatic nitrogens is 7. The van der Waals surface area contributed by atoms with Crippen LogP contribution in [0.4, 0.5) is 32.2 Å². The smallest absolute Gasteiger partial charge is 0.361 e. The van der Waals surface area contributed by atoms with E-state index in [1.807, 2.05) is 0 Å². The minimum Gasteiger partial charge on any atom is -0.361 e. The van der Waals surface area contributed by atoms with Crippen LogP contribution in [0.25, 0.3) is 16.7 Å². The Morgan fingerprint density at radius 2 is 1.53 bits per heavy atom. The Hall–Kier alpha value is -3.84. The Balaban J connectivity index is 1.83. The van der Waals surface area contributed by atoms with Crippen LogP contribution < -0.4 is 5.32 Å². The van der Waals surface area contributed by atoms with Crippen LogP contribution in [0, 0.1) is 0 Å². The number of nitrogens with one attached hydrogen (secondary N) is 1. The molecular formula is C18H12F6N8. The van der Waals surface area contributed by atoms with Crippen molar-refractivity contribution in [3.8, 4) is 5.82 Å². The standard InChI is InChI=1S/C18H12F6N8/c1-9(13-16(26-3-2-25-13)32-29-4-5-30-32)31-15-11-6-10(17(19,20)21)7-12(18(22,23)24)14(11)27-8-28-15/h2-9H,1H3,(H,27,28,31). The van der Waals surface area contributed by atoms with Crippen LogP contribution in [0.3, 0.4) is 0 Å². The number of fused-ring (bicyclic) bond motifs is 1. The SMILES string of the molecule is CC(Nc1ncnc2c(C(F)(F)F)cc(C(F)(F)F)cc12)c1nccnc1-n1nccn1. The number of nitrogens with zero attached hydrogens (tertiary/aromatic N) is 7. The summed E-state index contributed by atoms with van der Waals surface area (Å²) in [5, 5.41) is 10.3. The van der Waals surface area contributed by atoms with Gasteiger partial charge in [-0.2, -0.15) is 36.5 Å². The Bertz CT molecular complexity index is 1250. The summed E-state index contributed by atoms with van der Waals surface area (Å²) in [5.74, 6) is -0.00745. The van der Waals surface area contributed by atoms with E-state index in [9.17, 15) is 26.3 Å². The highest BCUT2D eigenvalue weighted by atomic mass is 19.4. The number of hydrogen-bond donors (Lipinski definition) is 1. The normalized spacial score (nSPS) is 13.3. The summed E-state index contributed by atoms with van der Waals surface area (Å²) in [6.45, 7) is 1.59. The van der Waals surface area contributed by atoms with Gasteiger partial charge in [-0.15, -0.1) is 4.80 Å². The molecule has 4 aromatic rings. The molecule has 0 amide bonds. The van der Waals surface area contributed by atoms with Crippen LogP contribution in [0.2, 0.25) is 0 Å². The first-order chi connectivity index (χ1) is 15.1. The van der Waals surface area contributed by atoms with Crippen LogP contribution >= 0.6 is 0 Å². The van der Waals surface area contributed by atoms with Gasteiger partial charge in [0.25, 0.3) is 0 Å². The highest BCUT2D eigenvalue weighted by Gasteiger charge is 2.39. The number of benzene rings is 1. The maximum Gasteiger partial charge on any atom is 0.418 e. The average molecular weight is 454 g/mol. The van der Waals surface area contributed by atoms with Gasteiger partial charge in [0, 0.05) is 17.8 Å². The summed E-state index contributed by atoms with van der Waals surface area (Å²) >= 11 is 0. The van der Waals surface area contributed by atoms with Gasteiger partial charge in [-0.3, -0.25) is 4.98 Å². The molecule has 8 nitrogen and oxygen atoms in total. The summed E-state index contributed by atoms with van der Waals surface area (Å²) in [6, 6.07) is -0.134. The molecule has 14 heteroatoms. The van der Waals surface area contributed by atoms with Crippen molar-refractivity contribution in [1.29, 1.82) is 0 Å². The van der Waals surface area contributed by atoms with E-state index in [-0.39, 0.29) is 17.7 Å². The van der Waals surface area contributed by atoms with Gasteiger partial charge in [-0.05, 0) is 19.1 Å². The Labute approximate surface area is 175 Å². The first-order valence-electron chi connectivity index (χ1n) is 8.93. The van der Waals surface area contributed by atoms with E-state index < -0.39 is 40.4 Å². The maximum absolute atomic E-state index is 13.5. The first kappa shape index (κ1) is 21.4. The molecule has 0 spiro atoms. The molecule has 1 N–H and O–H groups in total. The molecular weight excluding hydrogens is 442 g/mol. The molecule has 3 aromatic heterocycles. The summed E-state index contributed by atoms with van der Waals surface area (Å²) in [6.07, 6.45) is -3.64. The third-order valence-electron chi connectivity index (χ3n) is 4.45. The fraction of sp³-hybridized carbons (Fsp3) is 0.222. The number of halogens is 6. The number of alkyl halides is 6. The fourth-order valence-electron chi connectivity index (χ4n) is 3.06. The minimum atomic E-state index is -5.05. The van der Waals surface area contributed by atoms with Crippen molar-refractivity contribution in [3.05, 3.63) is 60.1 Å². The molecule has 1 atom stereocenters. The van der Waals surface area contributed by atoms with E-state index in [0.29, 0.717) is 11.8 Å². The summed E-state index contributed by atoms with van der Waals surface area (Å²) < 4.78 is 80.3. The molecule has 4 rings (SSSR count). The molecule has 0 fully saturated rings. The number of anilines is 1. The second kappa shape index (κ2) is 7.69. The third-order valence-corrected chi connectivity index (χ3v) is 4.45. The number of hydrogen-bond acceptors (Lipinski definition) is 7. The van der Waals surface area contributed by atoms with Crippen molar-refractivity contribution in [2.75, 3.05) is 5.32 Å². The Kier molecular flexibility index (Phi) is 5.14. The monoisotopic (exact) mass is 454 g/mol. The summed E-state index contributed by atoms with van der Waals surface area (Å²) in [7, 11) is 0. The van der Waals surface area contributed by atoms with Gasteiger partial charge in [0.2, 0.25) is 0 Å². The summed E-state index contributed by atoms with van der Waals surface area (Å²) in [5.41, 5.74) is -3.35. The van der Waals surface area contributed by atoms with Crippen LogP contribution in [0.1, 0.15) is 29.8 Å². The highest BCUT2D eigenvalue weighted by Crippen LogP contribution is 2.40. The molecule has 166 valence electrons. The average Bonchev–Trinajstić information content (AvgIpc) is 3.26. The van der Waals surface area contributed by atoms with E-state index in [1.54, 1.807) is 6.92 Å². The quantitative estimate of drug-likeness (QED) is 0.462. The van der Waals surface area contributed by atoms with Gasteiger partial charge in [0.05, 0.1) is 35.1 Å². The van der Waals surface area contributed by atoms with Crippen LogP contribution in [-0.2, 0) is 12.4 Å². The van der Waals surface area contributed by atoms with Crippen molar-refractivity contribution in [3.63, 3.8) is 0 Å². The van der Waals surface area contributed by atoms with E-state index in [2.05, 4.69) is 35.5 Å². The molecule has 0 aliphatic carbocycles. The minimum absolute atomic E-state index is 0.0344. The largest absolute Gasteiger partial charge is 0.418 e. The second-order valence-corrected chi connectivity index (χ2v) is 6.59. The second-order valence-electron chi connectivity index (χ2n) is 6.59. The van der Waals surface area contributed by atoms with Crippen LogP contribution in [0.15, 0.2) is 43.2 Å². The zero-order valence-electron chi connectivity index (χ0n) is 16.0. The van der Waals surface area contributed by atoms with E-state index >= 15 is 0 Å². The molecule has 0 saturated carbocycles. The zero-order valence-corrected chi connectivity index (χ0v) is 16.0. The lowest BCUT2D eigenvalue weighted by Gasteiger charge is -2.19. The predicted molar refractivity (Wildman–Crippen MR) is 98.5 cm³/mol. The van der Waals surface area contributed by atoms with Gasteiger partial charge in [-0.25, -0.2) is 15.0 Å². The molecule has 1 unspecified atom stereocenters. The van der Waals surface area contributed by atoms with E-state index in [0.717, 1.165) is 6.33 Å². The van der Waals surface area contributed by atoms with Gasteiger partial charge < -0.3 is 5.32 Å². The van der Waals surface area contributed by atoms with Gasteiger partial charge >= 0.3 is 12.4 Å². The zero-order chi connectivity index (χ0) is 23.1. The van der Waals surface area contributed by atoms with Crippen molar-refractivity contribution in [2.45, 2.75) is 25.3 Å². The molecule has 32 heavy (non-hydrogen) atoms. The first-order valence-corrected chi connectivity index (χ1v) is 8.93. The third kappa shape index (κ3) is 4.02. The van der Waals surface area contributed by atoms with E-state index in [1.165, 1.54) is 29.6 Å². The van der Waals surface area contributed by atoms with Crippen LogP contribution in [0.5, 0.6) is 0 Å². The van der Waals surface area contributed by atoms with Gasteiger partial charge in [0.15, 0.2) is 5.82 Å². The predicted octanol–water partition coefficient (Wildman–Crippen LogP) is 4.21. The van der Waals surface area contributed by atoms with Gasteiger partial charge in [0.1, 0.15) is 17.8 Å². The molecule has 1 aromatic carbocycles. The van der Waals surface area contributed by atoms with Crippen molar-refractivity contribution >= 4 is 16.7 Å². The lowest BCUT2D eigenvalue weighted by molar-refractivity contribution is -0.142. The Morgan fingerprint density at radius 3 is 2.19 bits per heavy atom. The van der Waals surface area contributed by atoms with Crippen molar-refractivity contribution < 1.29 is 26.3 Å². The molecule has 0 radical (unpaired) electrons. The van der Waals surface area contributed by atoms with Crippen molar-refractivity contribution in [1.82, 2.24) is 34.9 Å². The lowest BCUT2D eigenvalue weighted by atomic mass is 10.0. The molecule has 0 aliphatic heterocycles. The topological polar surface area (TPSA) is 94.3 Å². The summed E-state index contributed by atoms with van der Waals surface area (Å²) in [4.78, 5) is 17.0. The van der Waals surface area contributed by atoms with Crippen LogP contribution in [-0.4, -0.2) is 34.9 Å². The molecule has 3 heterocycles. The molecule has 0 aliphatic rings. The van der Waals surface area contributed by atoms with Gasteiger partial charge in [-0.1, -0.05) is 0 Å². The van der Waals surface area contributed by atoms with E-state index in [4.69, 9.17) is 0 Å². The fourth-order valence-corrected chi connectivity index (χ4v) is 3.06. The lowest BCUT2D eigenvalue weighted by Crippen LogP contribution is -2.17. The highest BCUT2D eigenvalue weighted by molar-refractivity contribution is 5.92.